The molecule has 0 bridgehead atoms. The largest absolute Gasteiger partial charge is 0.479 e. The van der Waals surface area contributed by atoms with Crippen molar-refractivity contribution < 1.29 is 9.47 Å². The van der Waals surface area contributed by atoms with Crippen LogP contribution in [-0.4, -0.2) is 26.9 Å². The molecule has 2 unspecified atom stereocenters. The van der Waals surface area contributed by atoms with Crippen LogP contribution < -0.4 is 10.1 Å². The molecule has 0 spiro atoms. The fourth-order valence-electron chi connectivity index (χ4n) is 1.81. The average molecular weight is 262 g/mol. The number of nitriles is 1. The Hall–Kier alpha value is -1.57. The molecule has 1 aromatic carbocycles. The third-order valence-electron chi connectivity index (χ3n) is 2.91. The van der Waals surface area contributed by atoms with Gasteiger partial charge in [0.05, 0.1) is 0 Å². The molecule has 1 aromatic rings. The highest BCUT2D eigenvalue weighted by Gasteiger charge is 2.07. The number of benzene rings is 1. The first-order valence-electron chi connectivity index (χ1n) is 6.49. The van der Waals surface area contributed by atoms with Gasteiger partial charge in [0.25, 0.3) is 0 Å². The molecule has 0 aromatic heterocycles. The van der Waals surface area contributed by atoms with E-state index in [4.69, 9.17) is 14.7 Å². The Balaban J connectivity index is 2.44. The Morgan fingerprint density at radius 1 is 1.26 bits per heavy atom. The van der Waals surface area contributed by atoms with Crippen molar-refractivity contribution in [2.75, 3.05) is 26.9 Å². The molecule has 104 valence electrons. The van der Waals surface area contributed by atoms with E-state index in [0.29, 0.717) is 5.92 Å². The third kappa shape index (κ3) is 5.73. The van der Waals surface area contributed by atoms with Gasteiger partial charge in [-0.3, -0.25) is 0 Å². The molecule has 0 aliphatic carbocycles. The lowest BCUT2D eigenvalue weighted by Gasteiger charge is -2.18. The summed E-state index contributed by atoms with van der Waals surface area (Å²) in [6, 6.07) is 10.1. The van der Waals surface area contributed by atoms with Crippen molar-refractivity contribution in [2.45, 2.75) is 19.9 Å². The van der Waals surface area contributed by atoms with Crippen molar-refractivity contribution in [3.8, 4) is 11.8 Å². The minimum atomic E-state index is 0.0850. The van der Waals surface area contributed by atoms with Gasteiger partial charge in [-0.05, 0) is 30.5 Å². The SMILES string of the molecule is COCC(C)CNC(C)c1ccc(OCC#N)cc1. The molecular weight excluding hydrogens is 240 g/mol. The first kappa shape index (κ1) is 15.5. The van der Waals surface area contributed by atoms with Gasteiger partial charge in [0.1, 0.15) is 11.8 Å². The van der Waals surface area contributed by atoms with E-state index in [1.165, 1.54) is 5.56 Å². The maximum atomic E-state index is 8.44. The molecular formula is C15H22N2O2. The highest BCUT2D eigenvalue weighted by atomic mass is 16.5. The molecule has 0 radical (unpaired) electrons. The summed E-state index contributed by atoms with van der Waals surface area (Å²) >= 11 is 0. The van der Waals surface area contributed by atoms with Crippen molar-refractivity contribution in [3.05, 3.63) is 29.8 Å². The number of hydrogen-bond acceptors (Lipinski definition) is 4. The highest BCUT2D eigenvalue weighted by molar-refractivity contribution is 5.29. The van der Waals surface area contributed by atoms with Crippen LogP contribution in [0.1, 0.15) is 25.5 Å². The van der Waals surface area contributed by atoms with Crippen LogP contribution in [-0.2, 0) is 4.74 Å². The zero-order valence-electron chi connectivity index (χ0n) is 11.8. The number of ether oxygens (including phenoxy) is 2. The maximum Gasteiger partial charge on any atom is 0.174 e. The average Bonchev–Trinajstić information content (AvgIpc) is 2.43. The van der Waals surface area contributed by atoms with Crippen molar-refractivity contribution in [1.29, 1.82) is 5.26 Å². The summed E-state index contributed by atoms with van der Waals surface area (Å²) in [7, 11) is 1.72. The normalized spacial score (nSPS) is 13.6. The highest BCUT2D eigenvalue weighted by Crippen LogP contribution is 2.17. The van der Waals surface area contributed by atoms with Gasteiger partial charge in [-0.2, -0.15) is 5.26 Å². The van der Waals surface area contributed by atoms with Crippen LogP contribution in [0.25, 0.3) is 0 Å². The van der Waals surface area contributed by atoms with Gasteiger partial charge < -0.3 is 14.8 Å². The van der Waals surface area contributed by atoms with E-state index in [0.717, 1.165) is 18.9 Å². The van der Waals surface area contributed by atoms with Crippen LogP contribution in [0.4, 0.5) is 0 Å². The summed E-state index contributed by atoms with van der Waals surface area (Å²) < 4.78 is 10.3. The number of nitrogens with one attached hydrogen (secondary N) is 1. The van der Waals surface area contributed by atoms with Gasteiger partial charge in [0.15, 0.2) is 6.61 Å². The van der Waals surface area contributed by atoms with Crippen molar-refractivity contribution in [1.82, 2.24) is 5.32 Å². The predicted molar refractivity (Wildman–Crippen MR) is 75.0 cm³/mol. The molecule has 19 heavy (non-hydrogen) atoms. The molecule has 1 N–H and O–H groups in total. The lowest BCUT2D eigenvalue weighted by Crippen LogP contribution is -2.26. The van der Waals surface area contributed by atoms with Crippen LogP contribution in [0.5, 0.6) is 5.75 Å². The summed E-state index contributed by atoms with van der Waals surface area (Å²) in [5.74, 6) is 1.22. The van der Waals surface area contributed by atoms with Crippen LogP contribution in [0.15, 0.2) is 24.3 Å². The number of methoxy groups -OCH3 is 1. The molecule has 1 rings (SSSR count). The first-order chi connectivity index (χ1) is 9.17. The van der Waals surface area contributed by atoms with E-state index in [1.807, 2.05) is 30.3 Å². The standard InChI is InChI=1S/C15H22N2O2/c1-12(11-18-3)10-17-13(2)14-4-6-15(7-5-14)19-9-8-16/h4-7,12-13,17H,9-11H2,1-3H3. The first-order valence-corrected chi connectivity index (χ1v) is 6.49. The fourth-order valence-corrected chi connectivity index (χ4v) is 1.81. The van der Waals surface area contributed by atoms with Crippen molar-refractivity contribution >= 4 is 0 Å². The number of rotatable bonds is 8. The van der Waals surface area contributed by atoms with E-state index < -0.39 is 0 Å². The maximum absolute atomic E-state index is 8.44. The van der Waals surface area contributed by atoms with E-state index in [-0.39, 0.29) is 12.6 Å². The molecule has 0 heterocycles. The Morgan fingerprint density at radius 2 is 1.95 bits per heavy atom. The molecule has 0 saturated heterocycles. The molecule has 2 atom stereocenters. The van der Waals surface area contributed by atoms with Crippen LogP contribution >= 0.6 is 0 Å². The topological polar surface area (TPSA) is 54.3 Å². The molecule has 0 saturated carbocycles. The number of nitrogens with zero attached hydrogens (tertiary/aromatic N) is 1. The van der Waals surface area contributed by atoms with Gasteiger partial charge in [-0.15, -0.1) is 0 Å². The second kappa shape index (κ2) is 8.52. The van der Waals surface area contributed by atoms with Crippen LogP contribution in [0.3, 0.4) is 0 Å². The smallest absolute Gasteiger partial charge is 0.174 e. The molecule has 0 fully saturated rings. The third-order valence-corrected chi connectivity index (χ3v) is 2.91. The minimum absolute atomic E-state index is 0.0850. The van der Waals surface area contributed by atoms with Crippen LogP contribution in [0, 0.1) is 17.2 Å². The Morgan fingerprint density at radius 3 is 2.53 bits per heavy atom. The summed E-state index contributed by atoms with van der Waals surface area (Å²) in [6.45, 7) is 6.05. The van der Waals surface area contributed by atoms with E-state index in [1.54, 1.807) is 7.11 Å². The lowest BCUT2D eigenvalue weighted by atomic mass is 10.1. The monoisotopic (exact) mass is 262 g/mol. The summed E-state index contributed by atoms with van der Waals surface area (Å²) in [5, 5.41) is 11.9. The van der Waals surface area contributed by atoms with Gasteiger partial charge in [0.2, 0.25) is 0 Å². The predicted octanol–water partition coefficient (Wildman–Crippen LogP) is 2.52. The fraction of sp³-hybridized carbons (Fsp3) is 0.533. The zero-order valence-corrected chi connectivity index (χ0v) is 11.8. The number of hydrogen-bond donors (Lipinski definition) is 1. The van der Waals surface area contributed by atoms with Gasteiger partial charge >= 0.3 is 0 Å². The quantitative estimate of drug-likeness (QED) is 0.782. The Kier molecular flexibility index (Phi) is 6.94. The molecule has 4 nitrogen and oxygen atoms in total. The van der Waals surface area contributed by atoms with E-state index in [2.05, 4.69) is 19.2 Å². The molecule has 0 amide bonds. The van der Waals surface area contributed by atoms with Crippen LogP contribution in [0.2, 0.25) is 0 Å². The summed E-state index contributed by atoms with van der Waals surface area (Å²) in [6.07, 6.45) is 0. The zero-order chi connectivity index (χ0) is 14.1. The van der Waals surface area contributed by atoms with Gasteiger partial charge in [-0.25, -0.2) is 0 Å². The van der Waals surface area contributed by atoms with Gasteiger partial charge in [0, 0.05) is 26.3 Å². The second-order valence-corrected chi connectivity index (χ2v) is 4.71. The Bertz CT molecular complexity index is 398. The minimum Gasteiger partial charge on any atom is -0.479 e. The second-order valence-electron chi connectivity index (χ2n) is 4.71. The summed E-state index contributed by atoms with van der Waals surface area (Å²) in [5.41, 5.74) is 1.20. The van der Waals surface area contributed by atoms with Crippen molar-refractivity contribution in [3.63, 3.8) is 0 Å². The van der Waals surface area contributed by atoms with Crippen molar-refractivity contribution in [2.24, 2.45) is 5.92 Å². The lowest BCUT2D eigenvalue weighted by molar-refractivity contribution is 0.157. The summed E-state index contributed by atoms with van der Waals surface area (Å²) in [4.78, 5) is 0. The van der Waals surface area contributed by atoms with E-state index in [9.17, 15) is 0 Å². The molecule has 0 aliphatic rings. The molecule has 0 aliphatic heterocycles. The molecule has 4 heteroatoms. The van der Waals surface area contributed by atoms with E-state index >= 15 is 0 Å². The van der Waals surface area contributed by atoms with Gasteiger partial charge in [-0.1, -0.05) is 19.1 Å². The Labute approximate surface area is 115 Å².